The number of imidazole rings is 1. The lowest BCUT2D eigenvalue weighted by molar-refractivity contribution is 0.391. The molecule has 148 valence electrons. The van der Waals surface area contributed by atoms with Crippen molar-refractivity contribution in [3.05, 3.63) is 66.7 Å². The zero-order valence-corrected chi connectivity index (χ0v) is 16.2. The van der Waals surface area contributed by atoms with E-state index in [1.807, 2.05) is 36.8 Å². The molecule has 3 heterocycles. The largest absolute Gasteiger partial charge is 0.382 e. The van der Waals surface area contributed by atoms with Crippen LogP contribution in [0.4, 0.5) is 17.2 Å². The van der Waals surface area contributed by atoms with Crippen molar-refractivity contribution in [1.82, 2.24) is 19.2 Å². The maximum Gasteiger partial charge on any atom is 0.177 e. The van der Waals surface area contributed by atoms with Gasteiger partial charge in [-0.05, 0) is 62.1 Å². The van der Waals surface area contributed by atoms with Gasteiger partial charge in [0, 0.05) is 41.8 Å². The Morgan fingerprint density at radius 3 is 2.45 bits per heavy atom. The second-order valence-electron chi connectivity index (χ2n) is 7.79. The standard InChI is InChI=1S/C22H25N7/c23-16-5-3-15(4-6-16)20-14-29-22(26-20)19(13-21(24)27-29)25-17-7-9-18(10-8-17)28-11-1-2-12-28/h1-2,7-16,25H,3-6,23H2,(H2,24,27)/t15-,16+. The highest BCUT2D eigenvalue weighted by molar-refractivity contribution is 5.76. The van der Waals surface area contributed by atoms with Gasteiger partial charge in [0.1, 0.15) is 5.82 Å². The molecule has 0 aliphatic heterocycles. The number of benzene rings is 1. The minimum Gasteiger partial charge on any atom is -0.382 e. The first-order valence-electron chi connectivity index (χ1n) is 10.1. The first-order valence-corrected chi connectivity index (χ1v) is 10.1. The Bertz CT molecular complexity index is 1100. The molecule has 1 fully saturated rings. The molecular formula is C22H25N7. The Morgan fingerprint density at radius 2 is 1.72 bits per heavy atom. The number of nitrogens with one attached hydrogen (secondary N) is 1. The van der Waals surface area contributed by atoms with Crippen LogP contribution < -0.4 is 16.8 Å². The van der Waals surface area contributed by atoms with Crippen molar-refractivity contribution in [2.24, 2.45) is 5.73 Å². The number of aromatic nitrogens is 4. The van der Waals surface area contributed by atoms with Crippen LogP contribution in [-0.2, 0) is 0 Å². The van der Waals surface area contributed by atoms with Crippen LogP contribution in [-0.4, -0.2) is 25.2 Å². The summed E-state index contributed by atoms with van der Waals surface area (Å²) >= 11 is 0. The van der Waals surface area contributed by atoms with Crippen LogP contribution in [0.1, 0.15) is 37.3 Å². The van der Waals surface area contributed by atoms with Crippen LogP contribution in [0.5, 0.6) is 0 Å². The molecule has 0 amide bonds. The third-order valence-electron chi connectivity index (χ3n) is 5.70. The van der Waals surface area contributed by atoms with E-state index in [-0.39, 0.29) is 0 Å². The van der Waals surface area contributed by atoms with Crippen molar-refractivity contribution in [3.63, 3.8) is 0 Å². The van der Waals surface area contributed by atoms with Crippen LogP contribution in [0.3, 0.4) is 0 Å². The van der Waals surface area contributed by atoms with Crippen LogP contribution in [0.2, 0.25) is 0 Å². The molecule has 4 aromatic rings. The molecule has 0 unspecified atom stereocenters. The number of nitrogens with two attached hydrogens (primary N) is 2. The monoisotopic (exact) mass is 387 g/mol. The minimum absolute atomic E-state index is 0.323. The summed E-state index contributed by atoms with van der Waals surface area (Å²) in [6.45, 7) is 0. The van der Waals surface area contributed by atoms with Crippen molar-refractivity contribution in [3.8, 4) is 5.69 Å². The summed E-state index contributed by atoms with van der Waals surface area (Å²) < 4.78 is 3.86. The van der Waals surface area contributed by atoms with E-state index in [1.165, 1.54) is 0 Å². The lowest BCUT2D eigenvalue weighted by Crippen LogP contribution is -2.25. The van der Waals surface area contributed by atoms with Gasteiger partial charge in [-0.3, -0.25) is 0 Å². The summed E-state index contributed by atoms with van der Waals surface area (Å²) in [5.41, 5.74) is 16.9. The normalized spacial score (nSPS) is 19.5. The molecule has 5 N–H and O–H groups in total. The van der Waals surface area contributed by atoms with Gasteiger partial charge in [-0.2, -0.15) is 0 Å². The summed E-state index contributed by atoms with van der Waals surface area (Å²) in [6.07, 6.45) is 10.3. The first-order chi connectivity index (χ1) is 14.2. The highest BCUT2D eigenvalue weighted by atomic mass is 15.3. The van der Waals surface area contributed by atoms with E-state index in [9.17, 15) is 0 Å². The SMILES string of the molecule is Nc1cc(Nc2ccc(-n3cccc3)cc2)c2nc([C@H]3CC[C@@H](N)CC3)cn2n1. The molecule has 1 aromatic carbocycles. The topological polar surface area (TPSA) is 99.2 Å². The third-order valence-corrected chi connectivity index (χ3v) is 5.70. The van der Waals surface area contributed by atoms with Gasteiger partial charge in [-0.15, -0.1) is 5.10 Å². The van der Waals surface area contributed by atoms with Crippen molar-refractivity contribution in [2.75, 3.05) is 11.1 Å². The van der Waals surface area contributed by atoms with Crippen LogP contribution in [0.15, 0.2) is 61.1 Å². The number of fused-ring (bicyclic) bond motifs is 1. The zero-order valence-electron chi connectivity index (χ0n) is 16.2. The predicted molar refractivity (Wildman–Crippen MR) is 116 cm³/mol. The highest BCUT2D eigenvalue weighted by Crippen LogP contribution is 2.33. The number of hydrogen-bond donors (Lipinski definition) is 3. The highest BCUT2D eigenvalue weighted by Gasteiger charge is 2.23. The second kappa shape index (κ2) is 7.25. The number of hydrogen-bond acceptors (Lipinski definition) is 5. The molecule has 7 nitrogen and oxygen atoms in total. The second-order valence-corrected chi connectivity index (χ2v) is 7.79. The Kier molecular flexibility index (Phi) is 4.44. The van der Waals surface area contributed by atoms with E-state index >= 15 is 0 Å². The molecule has 0 atom stereocenters. The van der Waals surface area contributed by atoms with E-state index in [0.717, 1.165) is 54.1 Å². The van der Waals surface area contributed by atoms with Crippen molar-refractivity contribution < 1.29 is 0 Å². The summed E-state index contributed by atoms with van der Waals surface area (Å²) in [4.78, 5) is 4.89. The van der Waals surface area contributed by atoms with Crippen LogP contribution >= 0.6 is 0 Å². The Labute approximate surface area is 169 Å². The van der Waals surface area contributed by atoms with Gasteiger partial charge < -0.3 is 21.4 Å². The van der Waals surface area contributed by atoms with Gasteiger partial charge >= 0.3 is 0 Å². The van der Waals surface area contributed by atoms with E-state index in [0.29, 0.717) is 17.8 Å². The van der Waals surface area contributed by atoms with E-state index in [2.05, 4.69) is 39.2 Å². The molecule has 0 spiro atoms. The fraction of sp³-hybridized carbons (Fsp3) is 0.273. The summed E-state index contributed by atoms with van der Waals surface area (Å²) in [5, 5.41) is 7.87. The van der Waals surface area contributed by atoms with Gasteiger partial charge in [0.15, 0.2) is 5.65 Å². The minimum atomic E-state index is 0.323. The van der Waals surface area contributed by atoms with E-state index < -0.39 is 0 Å². The lowest BCUT2D eigenvalue weighted by atomic mass is 9.85. The average Bonchev–Trinajstić information content (AvgIpc) is 3.39. The molecule has 5 rings (SSSR count). The van der Waals surface area contributed by atoms with Gasteiger partial charge in [-0.25, -0.2) is 9.50 Å². The third kappa shape index (κ3) is 3.56. The Balaban J connectivity index is 1.43. The maximum absolute atomic E-state index is 6.06. The molecule has 1 saturated carbocycles. The number of nitrogens with zero attached hydrogens (tertiary/aromatic N) is 4. The van der Waals surface area contributed by atoms with E-state index in [1.54, 1.807) is 4.52 Å². The van der Waals surface area contributed by atoms with Gasteiger partial charge in [0.05, 0.1) is 17.6 Å². The summed E-state index contributed by atoms with van der Waals surface area (Å²) in [7, 11) is 0. The molecule has 1 aliphatic carbocycles. The van der Waals surface area contributed by atoms with Gasteiger partial charge in [0.2, 0.25) is 0 Å². The fourth-order valence-electron chi connectivity index (χ4n) is 4.10. The smallest absolute Gasteiger partial charge is 0.177 e. The molecule has 0 bridgehead atoms. The first kappa shape index (κ1) is 17.8. The molecule has 0 radical (unpaired) electrons. The molecular weight excluding hydrogens is 362 g/mol. The van der Waals surface area contributed by atoms with Crippen LogP contribution in [0.25, 0.3) is 11.3 Å². The fourth-order valence-corrected chi connectivity index (χ4v) is 4.10. The Hall–Kier alpha value is -3.32. The van der Waals surface area contributed by atoms with Gasteiger partial charge in [-0.1, -0.05) is 0 Å². The lowest BCUT2D eigenvalue weighted by Gasteiger charge is -2.24. The quantitative estimate of drug-likeness (QED) is 0.494. The maximum atomic E-state index is 6.06. The molecule has 1 aliphatic rings. The zero-order chi connectivity index (χ0) is 19.8. The molecule has 29 heavy (non-hydrogen) atoms. The van der Waals surface area contributed by atoms with Gasteiger partial charge in [0.25, 0.3) is 0 Å². The summed E-state index contributed by atoms with van der Waals surface area (Å²) in [5.74, 6) is 0.894. The predicted octanol–water partition coefficient (Wildman–Crippen LogP) is 3.83. The van der Waals surface area contributed by atoms with Crippen molar-refractivity contribution >= 4 is 22.8 Å². The van der Waals surface area contributed by atoms with Crippen molar-refractivity contribution in [1.29, 1.82) is 0 Å². The van der Waals surface area contributed by atoms with Crippen molar-refractivity contribution in [2.45, 2.75) is 37.6 Å². The number of nitrogen functional groups attached to an aromatic ring is 1. The number of anilines is 3. The Morgan fingerprint density at radius 1 is 1.00 bits per heavy atom. The number of rotatable bonds is 4. The van der Waals surface area contributed by atoms with E-state index in [4.69, 9.17) is 16.5 Å². The summed E-state index contributed by atoms with van der Waals surface area (Å²) in [6, 6.07) is 14.4. The molecule has 7 heteroatoms. The molecule has 0 saturated heterocycles. The molecule has 3 aromatic heterocycles. The average molecular weight is 387 g/mol. The van der Waals surface area contributed by atoms with Crippen LogP contribution in [0, 0.1) is 0 Å².